The molecule has 2 unspecified atom stereocenters. The van der Waals surface area contributed by atoms with Crippen LogP contribution in [0, 0.1) is 28.6 Å². The second kappa shape index (κ2) is 8.72. The van der Waals surface area contributed by atoms with Crippen LogP contribution in [-0.2, 0) is 28.6 Å². The normalized spacial score (nSPS) is 41.3. The minimum Gasteiger partial charge on any atom is -0.454 e. The van der Waals surface area contributed by atoms with Crippen LogP contribution < -0.4 is 0 Å². The van der Waals surface area contributed by atoms with Crippen LogP contribution in [0.5, 0.6) is 0 Å². The monoisotopic (exact) mass is 532 g/mol. The van der Waals surface area contributed by atoms with Gasteiger partial charge in [0.15, 0.2) is 18.0 Å². The number of ketones is 2. The number of carbonyl (C=O) groups excluding carboxylic acids is 4. The fraction of sp³-hybridized carbons (Fsp3) is 0.562. The van der Waals surface area contributed by atoms with E-state index in [2.05, 4.69) is 13.8 Å². The van der Waals surface area contributed by atoms with Gasteiger partial charge in [-0.05, 0) is 68.7 Å². The summed E-state index contributed by atoms with van der Waals surface area (Å²) in [6, 6.07) is 8.55. The molecule has 0 radical (unpaired) electrons. The van der Waals surface area contributed by atoms with Crippen molar-refractivity contribution in [2.45, 2.75) is 77.1 Å². The number of hydrogen-bond donors (Lipinski definition) is 0. The molecule has 0 N–H and O–H groups in total. The van der Waals surface area contributed by atoms with Crippen molar-refractivity contribution in [1.29, 1.82) is 0 Å². The first-order valence-corrected chi connectivity index (χ1v) is 14.1. The molecule has 0 bridgehead atoms. The lowest BCUT2D eigenvalue weighted by molar-refractivity contribution is -0.193. The van der Waals surface area contributed by atoms with E-state index < -0.39 is 35.2 Å². The van der Waals surface area contributed by atoms with Gasteiger partial charge in [-0.2, -0.15) is 0 Å². The molecule has 1 aromatic carbocycles. The zero-order valence-corrected chi connectivity index (χ0v) is 23.0. The Kier molecular flexibility index (Phi) is 5.85. The zero-order chi connectivity index (χ0) is 27.8. The van der Waals surface area contributed by atoms with E-state index in [1.165, 1.54) is 0 Å². The van der Waals surface area contributed by atoms with Gasteiger partial charge in [0.2, 0.25) is 5.78 Å². The van der Waals surface area contributed by atoms with E-state index in [0.29, 0.717) is 18.4 Å². The van der Waals surface area contributed by atoms with Gasteiger partial charge in [-0.25, -0.2) is 4.79 Å². The Hall–Kier alpha value is -3.06. The largest absolute Gasteiger partial charge is 0.454 e. The molecule has 1 aromatic rings. The van der Waals surface area contributed by atoms with E-state index in [1.807, 2.05) is 13.0 Å². The van der Waals surface area contributed by atoms with Gasteiger partial charge in [0.25, 0.3) is 0 Å². The maximum Gasteiger partial charge on any atom is 0.338 e. The summed E-state index contributed by atoms with van der Waals surface area (Å²) < 4.78 is 18.3. The first kappa shape index (κ1) is 26.2. The predicted molar refractivity (Wildman–Crippen MR) is 142 cm³/mol. The van der Waals surface area contributed by atoms with E-state index in [0.717, 1.165) is 18.4 Å². The van der Waals surface area contributed by atoms with Crippen molar-refractivity contribution < 1.29 is 33.4 Å². The average molecular weight is 533 g/mol. The number of benzene rings is 1. The van der Waals surface area contributed by atoms with Crippen LogP contribution in [0.15, 0.2) is 54.1 Å². The lowest BCUT2D eigenvalue weighted by Crippen LogP contribution is -2.63. The van der Waals surface area contributed by atoms with Crippen molar-refractivity contribution in [3.05, 3.63) is 59.7 Å². The Bertz CT molecular complexity index is 1310. The number of Topliss-reactive ketones (excluding diaryl/α,β-unsaturated/α-hetero) is 1. The first-order chi connectivity index (χ1) is 18.5. The number of epoxide rings is 1. The molecule has 1 saturated heterocycles. The average Bonchev–Trinajstić information content (AvgIpc) is 3.60. The number of esters is 2. The van der Waals surface area contributed by atoms with Crippen LogP contribution in [0.4, 0.5) is 0 Å². The van der Waals surface area contributed by atoms with Crippen molar-refractivity contribution in [3.63, 3.8) is 0 Å². The van der Waals surface area contributed by atoms with Crippen LogP contribution in [0.3, 0.4) is 0 Å². The van der Waals surface area contributed by atoms with E-state index >= 15 is 0 Å². The third-order valence-corrected chi connectivity index (χ3v) is 10.8. The maximum atomic E-state index is 14.2. The van der Waals surface area contributed by atoms with Gasteiger partial charge in [0.05, 0.1) is 11.7 Å². The number of rotatable bonds is 6. The highest BCUT2D eigenvalue weighted by atomic mass is 16.6. The fourth-order valence-electron chi connectivity index (χ4n) is 8.98. The molecular weight excluding hydrogens is 496 g/mol. The van der Waals surface area contributed by atoms with E-state index in [9.17, 15) is 19.2 Å². The summed E-state index contributed by atoms with van der Waals surface area (Å²) in [4.78, 5) is 51.9. The molecule has 6 rings (SSSR count). The summed E-state index contributed by atoms with van der Waals surface area (Å²) in [7, 11) is 0. The van der Waals surface area contributed by atoms with E-state index in [1.54, 1.807) is 49.4 Å². The smallest absolute Gasteiger partial charge is 0.338 e. The highest BCUT2D eigenvalue weighted by Gasteiger charge is 2.83. The standard InChI is InChI=1S/C32H36O7/c1-5-27(35)39-31(25(34)18-37-28(36)20-9-7-6-8-10-20)19(2)15-24-23-12-11-21-16-22(33)13-14-29(21,3)32(23)26(38-32)17-30(24,31)4/h6-10,13-14,16,19,23-24,26H,5,11-12,15,17-18H2,1-4H3/t19?,23-,24-,26?,29-,30-,31-,32-/m0/s1. The molecule has 7 nitrogen and oxygen atoms in total. The summed E-state index contributed by atoms with van der Waals surface area (Å²) in [6.45, 7) is 7.48. The minimum atomic E-state index is -1.42. The zero-order valence-electron chi connectivity index (χ0n) is 23.0. The summed E-state index contributed by atoms with van der Waals surface area (Å²) in [5.41, 5.74) is -1.42. The summed E-state index contributed by atoms with van der Waals surface area (Å²) >= 11 is 0. The van der Waals surface area contributed by atoms with Crippen molar-refractivity contribution in [1.82, 2.24) is 0 Å². The van der Waals surface area contributed by atoms with Gasteiger partial charge in [-0.3, -0.25) is 14.4 Å². The van der Waals surface area contributed by atoms with Gasteiger partial charge in [0, 0.05) is 23.2 Å². The molecule has 7 heteroatoms. The van der Waals surface area contributed by atoms with Gasteiger partial charge < -0.3 is 14.2 Å². The molecule has 1 spiro atoms. The van der Waals surface area contributed by atoms with E-state index in [4.69, 9.17) is 14.2 Å². The highest BCUT2D eigenvalue weighted by molar-refractivity contribution is 6.01. The molecule has 5 aliphatic rings. The Balaban J connectivity index is 1.35. The number of allylic oxidation sites excluding steroid dienone is 2. The van der Waals surface area contributed by atoms with Crippen molar-refractivity contribution in [2.24, 2.45) is 28.6 Å². The SMILES string of the molecule is CCC(=O)O[C@]1(C(=O)COC(=O)c2ccccc2)C(C)C[C@H]2[C@@H]3CCC4=CC(=O)C=C[C@]4(C)[C@]34OC4C[C@@]21C. The maximum absolute atomic E-state index is 14.2. The molecule has 4 fully saturated rings. The molecule has 1 heterocycles. The number of fused-ring (bicyclic) bond motifs is 3. The fourth-order valence-corrected chi connectivity index (χ4v) is 8.98. The van der Waals surface area contributed by atoms with Gasteiger partial charge >= 0.3 is 11.9 Å². The highest BCUT2D eigenvalue weighted by Crippen LogP contribution is 2.77. The molecule has 206 valence electrons. The second-order valence-electron chi connectivity index (χ2n) is 12.4. The summed E-state index contributed by atoms with van der Waals surface area (Å²) in [6.07, 6.45) is 8.36. The lowest BCUT2D eigenvalue weighted by Gasteiger charge is -2.56. The lowest BCUT2D eigenvalue weighted by atomic mass is 9.46. The van der Waals surface area contributed by atoms with Crippen LogP contribution in [0.1, 0.15) is 70.2 Å². The summed E-state index contributed by atoms with van der Waals surface area (Å²) in [5, 5.41) is 0. The van der Waals surface area contributed by atoms with Crippen LogP contribution in [0.25, 0.3) is 0 Å². The van der Waals surface area contributed by atoms with Gasteiger partial charge in [-0.1, -0.05) is 50.6 Å². The Morgan fingerprint density at radius 3 is 2.56 bits per heavy atom. The molecular formula is C32H36O7. The Morgan fingerprint density at radius 1 is 1.10 bits per heavy atom. The first-order valence-electron chi connectivity index (χ1n) is 14.1. The molecule has 8 atom stereocenters. The van der Waals surface area contributed by atoms with E-state index in [-0.39, 0.29) is 47.3 Å². The van der Waals surface area contributed by atoms with Crippen LogP contribution in [0.2, 0.25) is 0 Å². The topological polar surface area (TPSA) is 99.3 Å². The third-order valence-electron chi connectivity index (χ3n) is 10.8. The van der Waals surface area contributed by atoms with Crippen molar-refractivity contribution in [3.8, 4) is 0 Å². The van der Waals surface area contributed by atoms with Crippen molar-refractivity contribution in [2.75, 3.05) is 6.61 Å². The molecule has 39 heavy (non-hydrogen) atoms. The molecule has 3 saturated carbocycles. The van der Waals surface area contributed by atoms with Crippen LogP contribution >= 0.6 is 0 Å². The molecule has 1 aliphatic heterocycles. The van der Waals surface area contributed by atoms with Crippen molar-refractivity contribution >= 4 is 23.5 Å². The molecule has 4 aliphatic carbocycles. The number of carbonyl (C=O) groups is 4. The van der Waals surface area contributed by atoms with Gasteiger partial charge in [-0.15, -0.1) is 0 Å². The third kappa shape index (κ3) is 3.38. The Labute approximate surface area is 228 Å². The second-order valence-corrected chi connectivity index (χ2v) is 12.4. The quantitative estimate of drug-likeness (QED) is 0.384. The van der Waals surface area contributed by atoms with Crippen LogP contribution in [-0.4, -0.2) is 47.4 Å². The number of hydrogen-bond acceptors (Lipinski definition) is 7. The minimum absolute atomic E-state index is 0.0193. The predicted octanol–water partition coefficient (Wildman–Crippen LogP) is 4.79. The summed E-state index contributed by atoms with van der Waals surface area (Å²) in [5.74, 6) is -1.42. The molecule has 0 amide bonds. The Morgan fingerprint density at radius 2 is 1.85 bits per heavy atom. The number of ether oxygens (including phenoxy) is 3. The van der Waals surface area contributed by atoms with Gasteiger partial charge in [0.1, 0.15) is 5.60 Å². The molecule has 0 aromatic heterocycles.